The van der Waals surface area contributed by atoms with Gasteiger partial charge in [-0.05, 0) is 53.4 Å². The molecule has 1 aliphatic heterocycles. The smallest absolute Gasteiger partial charge is 0.220 e. The minimum atomic E-state index is -0.467. The number of nitrogens with two attached hydrogens (primary N) is 1. The molecule has 1 heterocycles. The van der Waals surface area contributed by atoms with Crippen LogP contribution in [0.25, 0.3) is 0 Å². The molecule has 1 fully saturated rings. The maximum Gasteiger partial charge on any atom is 0.220 e. The molecule has 1 aliphatic rings. The predicted molar refractivity (Wildman–Crippen MR) is 78.9 cm³/mol. The predicted octanol–water partition coefficient (Wildman–Crippen LogP) is 2.20. The number of anilines is 1. The van der Waals surface area contributed by atoms with E-state index in [1.807, 2.05) is 18.2 Å². The fourth-order valence-corrected chi connectivity index (χ4v) is 3.09. The van der Waals surface area contributed by atoms with Crippen LogP contribution in [0.1, 0.15) is 31.4 Å². The quantitative estimate of drug-likeness (QED) is 0.894. The number of halogens is 1. The van der Waals surface area contributed by atoms with Crippen molar-refractivity contribution < 1.29 is 9.90 Å². The minimum Gasteiger partial charge on any atom is -0.389 e. The van der Waals surface area contributed by atoms with Gasteiger partial charge in [0.2, 0.25) is 5.91 Å². The second-order valence-electron chi connectivity index (χ2n) is 5.05. The Kier molecular flexibility index (Phi) is 4.47. The average Bonchev–Trinajstić information content (AvgIpc) is 2.38. The molecule has 0 radical (unpaired) electrons. The number of amides is 1. The molecule has 0 bridgehead atoms. The molecule has 1 amide bonds. The van der Waals surface area contributed by atoms with Crippen LogP contribution in [0.5, 0.6) is 0 Å². The van der Waals surface area contributed by atoms with E-state index < -0.39 is 6.10 Å². The Bertz CT molecular complexity index is 469. The Morgan fingerprint density at radius 3 is 2.58 bits per heavy atom. The van der Waals surface area contributed by atoms with Crippen molar-refractivity contribution in [1.29, 1.82) is 0 Å². The van der Waals surface area contributed by atoms with Crippen molar-refractivity contribution in [2.75, 3.05) is 18.0 Å². The molecule has 0 aromatic heterocycles. The van der Waals surface area contributed by atoms with Gasteiger partial charge < -0.3 is 15.7 Å². The standard InChI is InChI=1S/C14H19BrN2O2/c1-9(18)11-2-3-13(12(15)8-11)17-6-4-10(5-7-17)14(16)19/h2-3,8-10,18H,4-7H2,1H3,(H2,16,19). The summed E-state index contributed by atoms with van der Waals surface area (Å²) in [4.78, 5) is 13.4. The van der Waals surface area contributed by atoms with Crippen molar-refractivity contribution in [2.45, 2.75) is 25.9 Å². The molecule has 1 saturated heterocycles. The molecule has 4 nitrogen and oxygen atoms in total. The van der Waals surface area contributed by atoms with Gasteiger partial charge in [0.25, 0.3) is 0 Å². The van der Waals surface area contributed by atoms with Crippen molar-refractivity contribution in [1.82, 2.24) is 0 Å². The van der Waals surface area contributed by atoms with E-state index in [2.05, 4.69) is 20.8 Å². The molecule has 5 heteroatoms. The number of primary amides is 1. The number of benzene rings is 1. The van der Waals surface area contributed by atoms with E-state index in [9.17, 15) is 9.90 Å². The number of nitrogens with zero attached hydrogens (tertiary/aromatic N) is 1. The summed E-state index contributed by atoms with van der Waals surface area (Å²) in [6.07, 6.45) is 1.14. The van der Waals surface area contributed by atoms with Gasteiger partial charge in [0.15, 0.2) is 0 Å². The van der Waals surface area contributed by atoms with Gasteiger partial charge >= 0.3 is 0 Å². The zero-order chi connectivity index (χ0) is 14.0. The lowest BCUT2D eigenvalue weighted by Crippen LogP contribution is -2.38. The number of hydrogen-bond acceptors (Lipinski definition) is 3. The van der Waals surface area contributed by atoms with E-state index in [1.165, 1.54) is 0 Å². The highest BCUT2D eigenvalue weighted by molar-refractivity contribution is 9.10. The average molecular weight is 327 g/mol. The zero-order valence-electron chi connectivity index (χ0n) is 11.0. The van der Waals surface area contributed by atoms with Gasteiger partial charge in [-0.3, -0.25) is 4.79 Å². The molecule has 1 aromatic carbocycles. The van der Waals surface area contributed by atoms with Crippen molar-refractivity contribution in [3.8, 4) is 0 Å². The van der Waals surface area contributed by atoms with Gasteiger partial charge in [-0.2, -0.15) is 0 Å². The largest absolute Gasteiger partial charge is 0.389 e. The van der Waals surface area contributed by atoms with Gasteiger partial charge in [-0.15, -0.1) is 0 Å². The third-order valence-electron chi connectivity index (χ3n) is 3.69. The van der Waals surface area contributed by atoms with Crippen LogP contribution in [-0.4, -0.2) is 24.1 Å². The Morgan fingerprint density at radius 1 is 1.47 bits per heavy atom. The second-order valence-corrected chi connectivity index (χ2v) is 5.90. The highest BCUT2D eigenvalue weighted by Gasteiger charge is 2.24. The van der Waals surface area contributed by atoms with Crippen molar-refractivity contribution in [3.05, 3.63) is 28.2 Å². The fourth-order valence-electron chi connectivity index (χ4n) is 2.44. The summed E-state index contributed by atoms with van der Waals surface area (Å²) in [5, 5.41) is 9.56. The lowest BCUT2D eigenvalue weighted by atomic mass is 9.96. The molecular formula is C14H19BrN2O2. The van der Waals surface area contributed by atoms with Crippen molar-refractivity contribution in [3.63, 3.8) is 0 Å². The Balaban J connectivity index is 2.09. The lowest BCUT2D eigenvalue weighted by Gasteiger charge is -2.33. The number of aliphatic hydroxyl groups excluding tert-OH is 1. The van der Waals surface area contributed by atoms with Crippen LogP contribution in [0, 0.1) is 5.92 Å². The molecule has 0 saturated carbocycles. The molecule has 0 aliphatic carbocycles. The van der Waals surface area contributed by atoms with Crippen LogP contribution in [0.4, 0.5) is 5.69 Å². The highest BCUT2D eigenvalue weighted by Crippen LogP contribution is 2.32. The Morgan fingerprint density at radius 2 is 2.11 bits per heavy atom. The summed E-state index contributed by atoms with van der Waals surface area (Å²) in [5.74, 6) is -0.185. The maximum absolute atomic E-state index is 11.2. The summed E-state index contributed by atoms with van der Waals surface area (Å²) in [6.45, 7) is 3.42. The number of piperidine rings is 1. The van der Waals surface area contributed by atoms with Crippen LogP contribution in [-0.2, 0) is 4.79 Å². The zero-order valence-corrected chi connectivity index (χ0v) is 12.6. The summed E-state index contributed by atoms with van der Waals surface area (Å²) in [6, 6.07) is 5.89. The number of carbonyl (C=O) groups excluding carboxylic acids is 1. The van der Waals surface area contributed by atoms with E-state index in [0.29, 0.717) is 0 Å². The van der Waals surface area contributed by atoms with Gasteiger partial charge in [0, 0.05) is 23.5 Å². The van der Waals surface area contributed by atoms with E-state index in [0.717, 1.165) is 41.7 Å². The fraction of sp³-hybridized carbons (Fsp3) is 0.500. The lowest BCUT2D eigenvalue weighted by molar-refractivity contribution is -0.122. The topological polar surface area (TPSA) is 66.6 Å². The number of rotatable bonds is 3. The molecular weight excluding hydrogens is 308 g/mol. The molecule has 1 unspecified atom stereocenters. The van der Waals surface area contributed by atoms with Gasteiger partial charge in [-0.1, -0.05) is 6.07 Å². The third-order valence-corrected chi connectivity index (χ3v) is 4.33. The highest BCUT2D eigenvalue weighted by atomic mass is 79.9. The van der Waals surface area contributed by atoms with E-state index in [1.54, 1.807) is 6.92 Å². The summed E-state index contributed by atoms with van der Waals surface area (Å²) >= 11 is 3.55. The minimum absolute atomic E-state index is 0.00626. The first kappa shape index (κ1) is 14.3. The number of hydrogen-bond donors (Lipinski definition) is 2. The summed E-state index contributed by atoms with van der Waals surface area (Å²) < 4.78 is 0.975. The first-order chi connectivity index (χ1) is 8.99. The van der Waals surface area contributed by atoms with E-state index >= 15 is 0 Å². The van der Waals surface area contributed by atoms with Gasteiger partial charge in [0.1, 0.15) is 0 Å². The molecule has 2 rings (SSSR count). The molecule has 3 N–H and O–H groups in total. The van der Waals surface area contributed by atoms with Crippen LogP contribution >= 0.6 is 15.9 Å². The molecule has 19 heavy (non-hydrogen) atoms. The molecule has 1 aromatic rings. The van der Waals surface area contributed by atoms with E-state index in [-0.39, 0.29) is 11.8 Å². The monoisotopic (exact) mass is 326 g/mol. The Labute approximate surface area is 121 Å². The molecule has 1 atom stereocenters. The van der Waals surface area contributed by atoms with Crippen LogP contribution in [0.15, 0.2) is 22.7 Å². The van der Waals surface area contributed by atoms with Gasteiger partial charge in [-0.25, -0.2) is 0 Å². The summed E-state index contributed by atoms with van der Waals surface area (Å²) in [5.41, 5.74) is 7.34. The van der Waals surface area contributed by atoms with E-state index in [4.69, 9.17) is 5.73 Å². The SMILES string of the molecule is CC(O)c1ccc(N2CCC(C(N)=O)CC2)c(Br)c1. The van der Waals surface area contributed by atoms with Gasteiger partial charge in [0.05, 0.1) is 11.8 Å². The second kappa shape index (κ2) is 5.92. The maximum atomic E-state index is 11.2. The third kappa shape index (κ3) is 3.28. The van der Waals surface area contributed by atoms with Crippen molar-refractivity contribution in [2.24, 2.45) is 11.7 Å². The number of aliphatic hydroxyl groups is 1. The normalized spacial score (nSPS) is 18.4. The molecule has 104 valence electrons. The number of carbonyl (C=O) groups is 1. The van der Waals surface area contributed by atoms with Crippen LogP contribution in [0.3, 0.4) is 0 Å². The Hall–Kier alpha value is -1.07. The van der Waals surface area contributed by atoms with Crippen molar-refractivity contribution >= 4 is 27.5 Å². The molecule has 0 spiro atoms. The first-order valence-electron chi connectivity index (χ1n) is 6.51. The van der Waals surface area contributed by atoms with Crippen LogP contribution < -0.4 is 10.6 Å². The summed E-state index contributed by atoms with van der Waals surface area (Å²) in [7, 11) is 0. The van der Waals surface area contributed by atoms with Crippen LogP contribution in [0.2, 0.25) is 0 Å². The first-order valence-corrected chi connectivity index (χ1v) is 7.30.